The number of carbonyl (C=O) groups excluding carboxylic acids is 1. The Bertz CT molecular complexity index is 508. The number of carbonyl (C=O) groups is 2. The van der Waals surface area contributed by atoms with Gasteiger partial charge >= 0.3 is 5.97 Å². The molecule has 1 fully saturated rings. The van der Waals surface area contributed by atoms with Crippen molar-refractivity contribution in [2.24, 2.45) is 0 Å². The number of aliphatic carboxylic acids is 1. The molecule has 1 atom stereocenters. The average Bonchev–Trinajstić information content (AvgIpc) is 2.49. The van der Waals surface area contributed by atoms with Gasteiger partial charge in [0.2, 0.25) is 5.91 Å². The van der Waals surface area contributed by atoms with Gasteiger partial charge in [0.25, 0.3) is 0 Å². The normalized spacial score (nSPS) is 18.5. The zero-order chi connectivity index (χ0) is 15.2. The Morgan fingerprint density at radius 1 is 1.38 bits per heavy atom. The maximum Gasteiger partial charge on any atom is 0.334 e. The molecule has 2 rings (SSSR count). The average molecular weight is 313 g/mol. The van der Waals surface area contributed by atoms with E-state index in [0.29, 0.717) is 18.7 Å². The number of halogens is 1. The molecular weight excluding hydrogens is 297 g/mol. The largest absolute Gasteiger partial charge is 0.479 e. The molecule has 1 saturated heterocycles. The third kappa shape index (κ3) is 4.71. The second-order valence-electron chi connectivity index (χ2n) is 4.59. The maximum atomic E-state index is 12.8. The van der Waals surface area contributed by atoms with Crippen molar-refractivity contribution in [1.29, 1.82) is 0 Å². The number of carboxylic acids is 1. The topological polar surface area (TPSA) is 66.8 Å². The Labute approximate surface area is 126 Å². The molecule has 0 radical (unpaired) electrons. The summed E-state index contributed by atoms with van der Waals surface area (Å²) in [6, 6.07) is 6.09. The summed E-state index contributed by atoms with van der Waals surface area (Å²) >= 11 is 1.47. The Morgan fingerprint density at radius 3 is 2.76 bits per heavy atom. The van der Waals surface area contributed by atoms with Gasteiger partial charge in [0.15, 0.2) is 6.10 Å². The fourth-order valence-electron chi connectivity index (χ4n) is 1.97. The third-order valence-electron chi connectivity index (χ3n) is 3.09. The van der Waals surface area contributed by atoms with Crippen LogP contribution in [0, 0.1) is 5.82 Å². The van der Waals surface area contributed by atoms with Crippen molar-refractivity contribution in [3.63, 3.8) is 0 Å². The van der Waals surface area contributed by atoms with Gasteiger partial charge in [0.1, 0.15) is 5.82 Å². The zero-order valence-corrected chi connectivity index (χ0v) is 12.1. The molecule has 1 amide bonds. The van der Waals surface area contributed by atoms with Crippen molar-refractivity contribution in [3.05, 3.63) is 30.1 Å². The molecule has 1 aliphatic rings. The maximum absolute atomic E-state index is 12.8. The monoisotopic (exact) mass is 313 g/mol. The molecule has 114 valence electrons. The zero-order valence-electron chi connectivity index (χ0n) is 11.3. The third-order valence-corrected chi connectivity index (χ3v) is 4.11. The second kappa shape index (κ2) is 7.42. The summed E-state index contributed by atoms with van der Waals surface area (Å²) in [6.45, 7) is 0.757. The van der Waals surface area contributed by atoms with Crippen molar-refractivity contribution in [1.82, 2.24) is 4.90 Å². The quantitative estimate of drug-likeness (QED) is 0.837. The van der Waals surface area contributed by atoms with E-state index in [1.54, 1.807) is 12.1 Å². The number of carboxylic acid groups (broad SMARTS) is 1. The minimum Gasteiger partial charge on any atom is -0.479 e. The first-order valence-electron chi connectivity index (χ1n) is 6.57. The molecule has 1 aromatic rings. The Kier molecular flexibility index (Phi) is 5.58. The first-order valence-corrected chi connectivity index (χ1v) is 7.55. The highest BCUT2D eigenvalue weighted by Gasteiger charge is 2.28. The van der Waals surface area contributed by atoms with Gasteiger partial charge in [0, 0.05) is 23.6 Å². The highest BCUT2D eigenvalue weighted by Crippen LogP contribution is 2.19. The fourth-order valence-corrected chi connectivity index (χ4v) is 2.81. The van der Waals surface area contributed by atoms with E-state index in [4.69, 9.17) is 9.84 Å². The Balaban J connectivity index is 1.76. The van der Waals surface area contributed by atoms with Crippen LogP contribution in [0.1, 0.15) is 6.42 Å². The van der Waals surface area contributed by atoms with Gasteiger partial charge in [-0.2, -0.15) is 0 Å². The number of benzene rings is 1. The minimum atomic E-state index is -1.05. The Hall–Kier alpha value is -1.60. The number of ether oxygens (including phenoxy) is 1. The highest BCUT2D eigenvalue weighted by molar-refractivity contribution is 7.99. The van der Waals surface area contributed by atoms with Crippen LogP contribution >= 0.6 is 11.8 Å². The Morgan fingerprint density at radius 2 is 2.10 bits per heavy atom. The molecule has 0 bridgehead atoms. The molecule has 1 unspecified atom stereocenters. The van der Waals surface area contributed by atoms with E-state index in [9.17, 15) is 14.0 Å². The number of morpholine rings is 1. The molecule has 21 heavy (non-hydrogen) atoms. The van der Waals surface area contributed by atoms with Crippen LogP contribution in [-0.2, 0) is 14.3 Å². The molecule has 0 aromatic heterocycles. The lowest BCUT2D eigenvalue weighted by atomic mass is 10.2. The number of rotatable bonds is 5. The van der Waals surface area contributed by atoms with Crippen LogP contribution in [0.2, 0.25) is 0 Å². The summed E-state index contributed by atoms with van der Waals surface area (Å²) in [6.07, 6.45) is -0.624. The van der Waals surface area contributed by atoms with Crippen molar-refractivity contribution in [2.45, 2.75) is 17.4 Å². The van der Waals surface area contributed by atoms with E-state index in [2.05, 4.69) is 0 Å². The van der Waals surface area contributed by atoms with E-state index in [0.717, 1.165) is 4.90 Å². The van der Waals surface area contributed by atoms with Crippen LogP contribution in [0.3, 0.4) is 0 Å². The van der Waals surface area contributed by atoms with E-state index in [-0.39, 0.29) is 24.9 Å². The summed E-state index contributed by atoms with van der Waals surface area (Å²) in [5.41, 5.74) is 0. The van der Waals surface area contributed by atoms with E-state index >= 15 is 0 Å². The molecule has 0 aliphatic carbocycles. The van der Waals surface area contributed by atoms with Crippen molar-refractivity contribution >= 4 is 23.6 Å². The van der Waals surface area contributed by atoms with Gasteiger partial charge in [-0.3, -0.25) is 4.79 Å². The van der Waals surface area contributed by atoms with Crippen molar-refractivity contribution < 1.29 is 23.8 Å². The molecule has 5 nitrogen and oxygen atoms in total. The first kappa shape index (κ1) is 15.8. The first-order chi connectivity index (χ1) is 10.1. The SMILES string of the molecule is O=C(O)C1CN(C(=O)CCSc2ccc(F)cc2)CCO1. The number of hydrogen-bond acceptors (Lipinski definition) is 4. The molecule has 0 saturated carbocycles. The van der Waals surface area contributed by atoms with Gasteiger partial charge in [-0.05, 0) is 24.3 Å². The smallest absolute Gasteiger partial charge is 0.334 e. The van der Waals surface area contributed by atoms with Gasteiger partial charge < -0.3 is 14.7 Å². The van der Waals surface area contributed by atoms with Crippen LogP contribution in [0.5, 0.6) is 0 Å². The van der Waals surface area contributed by atoms with Crippen LogP contribution in [0.25, 0.3) is 0 Å². The molecule has 0 spiro atoms. The summed E-state index contributed by atoms with van der Waals surface area (Å²) in [7, 11) is 0. The van der Waals surface area contributed by atoms with Gasteiger partial charge in [-0.25, -0.2) is 9.18 Å². The summed E-state index contributed by atoms with van der Waals surface area (Å²) in [5, 5.41) is 8.89. The molecular formula is C14H16FNO4S. The van der Waals surface area contributed by atoms with Gasteiger partial charge in [-0.1, -0.05) is 0 Å². The highest BCUT2D eigenvalue weighted by atomic mass is 32.2. The van der Waals surface area contributed by atoms with Crippen LogP contribution in [-0.4, -0.2) is 53.4 Å². The lowest BCUT2D eigenvalue weighted by molar-refractivity contribution is -0.159. The van der Waals surface area contributed by atoms with Crippen molar-refractivity contribution in [3.8, 4) is 0 Å². The van der Waals surface area contributed by atoms with Crippen LogP contribution in [0.4, 0.5) is 4.39 Å². The van der Waals surface area contributed by atoms with E-state index in [1.807, 2.05) is 0 Å². The molecule has 1 heterocycles. The number of thioether (sulfide) groups is 1. The predicted octanol–water partition coefficient (Wildman–Crippen LogP) is 1.62. The summed E-state index contributed by atoms with van der Waals surface area (Å²) < 4.78 is 17.8. The standard InChI is InChI=1S/C14H16FNO4S/c15-10-1-3-11(4-2-10)21-8-5-13(17)16-6-7-20-12(9-16)14(18)19/h1-4,12H,5-9H2,(H,18,19). The lowest BCUT2D eigenvalue weighted by Gasteiger charge is -2.30. The molecule has 1 N–H and O–H groups in total. The van der Waals surface area contributed by atoms with Crippen LogP contribution in [0.15, 0.2) is 29.2 Å². The lowest BCUT2D eigenvalue weighted by Crippen LogP contribution is -2.48. The summed E-state index contributed by atoms with van der Waals surface area (Å²) in [5.74, 6) is -0.852. The van der Waals surface area contributed by atoms with Gasteiger partial charge in [0.05, 0.1) is 13.2 Å². The fraction of sp³-hybridized carbons (Fsp3) is 0.429. The molecule has 1 aromatic carbocycles. The summed E-state index contributed by atoms with van der Waals surface area (Å²) in [4.78, 5) is 25.3. The van der Waals surface area contributed by atoms with Crippen molar-refractivity contribution in [2.75, 3.05) is 25.4 Å². The number of nitrogens with zero attached hydrogens (tertiary/aromatic N) is 1. The molecule has 7 heteroatoms. The molecule has 1 aliphatic heterocycles. The van der Waals surface area contributed by atoms with Crippen LogP contribution < -0.4 is 0 Å². The van der Waals surface area contributed by atoms with E-state index in [1.165, 1.54) is 28.8 Å². The predicted molar refractivity (Wildman–Crippen MR) is 75.7 cm³/mol. The van der Waals surface area contributed by atoms with Gasteiger partial charge in [-0.15, -0.1) is 11.8 Å². The number of amides is 1. The minimum absolute atomic E-state index is 0.0841. The number of hydrogen-bond donors (Lipinski definition) is 1. The van der Waals surface area contributed by atoms with E-state index < -0.39 is 12.1 Å². The second-order valence-corrected chi connectivity index (χ2v) is 5.76.